The molecule has 8 nitrogen and oxygen atoms in total. The number of carbonyl (C=O) groups excluding carboxylic acids is 3. The van der Waals surface area contributed by atoms with Crippen LogP contribution in [0.1, 0.15) is 43.9 Å². The normalized spacial score (nSPS) is 18.0. The molecule has 0 N–H and O–H groups in total. The molecule has 1 fully saturated rings. The van der Waals surface area contributed by atoms with Gasteiger partial charge in [0, 0.05) is 6.54 Å². The van der Waals surface area contributed by atoms with Crippen LogP contribution < -0.4 is 4.31 Å². The molecule has 1 saturated heterocycles. The van der Waals surface area contributed by atoms with Gasteiger partial charge in [0.05, 0.1) is 33.2 Å². The molecule has 2 amide bonds. The first-order chi connectivity index (χ1) is 13.8. The number of nitrogens with zero attached hydrogens (tertiary/aromatic N) is 2. The van der Waals surface area contributed by atoms with Gasteiger partial charge < -0.3 is 4.84 Å². The maximum absolute atomic E-state index is 12.6. The highest BCUT2D eigenvalue weighted by molar-refractivity contribution is 7.92. The predicted octanol–water partition coefficient (Wildman–Crippen LogP) is 2.64. The maximum Gasteiger partial charge on any atom is 0.365 e. The first-order valence-corrected chi connectivity index (χ1v) is 10.8. The molecule has 0 unspecified atom stereocenters. The molecule has 0 radical (unpaired) electrons. The fourth-order valence-electron chi connectivity index (χ4n) is 3.29. The van der Waals surface area contributed by atoms with Crippen LogP contribution in [0.15, 0.2) is 42.5 Å². The molecular weight excluding hydrogens is 420 g/mol. The molecule has 0 spiro atoms. The van der Waals surface area contributed by atoms with Gasteiger partial charge in [-0.25, -0.2) is 13.2 Å². The molecule has 4 rings (SSSR count). The van der Waals surface area contributed by atoms with Crippen molar-refractivity contribution in [1.29, 1.82) is 0 Å². The van der Waals surface area contributed by atoms with Crippen LogP contribution in [0, 0.1) is 0 Å². The Balaban J connectivity index is 1.62. The molecule has 2 aliphatic heterocycles. The van der Waals surface area contributed by atoms with Crippen LogP contribution >= 0.6 is 11.6 Å². The van der Waals surface area contributed by atoms with E-state index < -0.39 is 27.8 Å². The van der Waals surface area contributed by atoms with Crippen molar-refractivity contribution in [2.24, 2.45) is 0 Å². The van der Waals surface area contributed by atoms with E-state index in [9.17, 15) is 22.8 Å². The zero-order valence-corrected chi connectivity index (χ0v) is 16.6. The summed E-state index contributed by atoms with van der Waals surface area (Å²) in [5.41, 5.74) is 0.374. The van der Waals surface area contributed by atoms with Crippen LogP contribution in [0.5, 0.6) is 0 Å². The largest absolute Gasteiger partial charge is 0.365 e. The summed E-state index contributed by atoms with van der Waals surface area (Å²) in [6.07, 6.45) is 1.26. The number of hydroxylamine groups is 2. The SMILES string of the molecule is O=C(ON1C(=O)c2ccccc2C1=O)c1cc(N2CCCCS2(=O)=O)ccc1Cl. The van der Waals surface area contributed by atoms with Gasteiger partial charge in [0.25, 0.3) is 11.8 Å². The van der Waals surface area contributed by atoms with Gasteiger partial charge in [0.15, 0.2) is 0 Å². The third-order valence-electron chi connectivity index (χ3n) is 4.74. The van der Waals surface area contributed by atoms with Crippen LogP contribution in [0.4, 0.5) is 5.69 Å². The highest BCUT2D eigenvalue weighted by atomic mass is 35.5. The van der Waals surface area contributed by atoms with Gasteiger partial charge in [-0.2, -0.15) is 0 Å². The lowest BCUT2D eigenvalue weighted by Crippen LogP contribution is -2.38. The van der Waals surface area contributed by atoms with E-state index in [1.165, 1.54) is 34.6 Å². The third kappa shape index (κ3) is 3.36. The Labute approximate surface area is 171 Å². The van der Waals surface area contributed by atoms with Crippen LogP contribution in [0.25, 0.3) is 0 Å². The summed E-state index contributed by atoms with van der Waals surface area (Å²) in [5.74, 6) is -2.54. The van der Waals surface area contributed by atoms with E-state index in [0.29, 0.717) is 17.9 Å². The van der Waals surface area contributed by atoms with Crippen molar-refractivity contribution in [2.75, 3.05) is 16.6 Å². The number of carbonyl (C=O) groups is 3. The molecule has 2 aromatic carbocycles. The average Bonchev–Trinajstić information content (AvgIpc) is 2.93. The monoisotopic (exact) mass is 434 g/mol. The molecule has 0 aliphatic carbocycles. The standard InChI is InChI=1S/C19H15ClN2O6S/c20-16-8-7-12(21-9-3-4-10-29(21,26)27)11-15(16)19(25)28-22-17(23)13-5-1-2-6-14(13)18(22)24/h1-2,5-8,11H,3-4,9-10H2. The molecule has 2 heterocycles. The number of imide groups is 1. The lowest BCUT2D eigenvalue weighted by atomic mass is 10.1. The first-order valence-electron chi connectivity index (χ1n) is 8.80. The minimum Gasteiger partial charge on any atom is -0.324 e. The number of benzene rings is 2. The zero-order chi connectivity index (χ0) is 20.8. The molecule has 29 heavy (non-hydrogen) atoms. The lowest BCUT2D eigenvalue weighted by Gasteiger charge is -2.28. The number of hydrogen-bond donors (Lipinski definition) is 0. The molecule has 0 atom stereocenters. The van der Waals surface area contributed by atoms with Crippen molar-refractivity contribution < 1.29 is 27.6 Å². The Kier molecular flexibility index (Phi) is 4.79. The summed E-state index contributed by atoms with van der Waals surface area (Å²) in [7, 11) is -3.49. The second-order valence-electron chi connectivity index (χ2n) is 6.59. The smallest absolute Gasteiger partial charge is 0.324 e. The third-order valence-corrected chi connectivity index (χ3v) is 6.94. The molecule has 0 bridgehead atoms. The van der Waals surface area contributed by atoms with Gasteiger partial charge in [-0.1, -0.05) is 28.8 Å². The van der Waals surface area contributed by atoms with Crippen LogP contribution in [0.2, 0.25) is 5.02 Å². The maximum atomic E-state index is 12.6. The van der Waals surface area contributed by atoms with Gasteiger partial charge in [0.1, 0.15) is 0 Å². The minimum absolute atomic E-state index is 0.00441. The van der Waals surface area contributed by atoms with Crippen molar-refractivity contribution in [3.8, 4) is 0 Å². The molecule has 0 saturated carbocycles. The van der Waals surface area contributed by atoms with E-state index in [2.05, 4.69) is 0 Å². The molecule has 2 aromatic rings. The number of hydrogen-bond acceptors (Lipinski definition) is 6. The van der Waals surface area contributed by atoms with Gasteiger partial charge in [-0.3, -0.25) is 13.9 Å². The molecule has 2 aliphatic rings. The Morgan fingerprint density at radius 2 is 1.66 bits per heavy atom. The Bertz CT molecular complexity index is 1110. The Morgan fingerprint density at radius 3 is 2.28 bits per heavy atom. The molecule has 0 aromatic heterocycles. The second-order valence-corrected chi connectivity index (χ2v) is 9.01. The lowest BCUT2D eigenvalue weighted by molar-refractivity contribution is -0.0584. The fraction of sp³-hybridized carbons (Fsp3) is 0.211. The van der Waals surface area contributed by atoms with Crippen molar-refractivity contribution in [3.63, 3.8) is 0 Å². The average molecular weight is 435 g/mol. The van der Waals surface area contributed by atoms with E-state index in [1.54, 1.807) is 12.1 Å². The summed E-state index contributed by atoms with van der Waals surface area (Å²) in [6, 6.07) is 10.2. The molecular formula is C19H15ClN2O6S. The topological polar surface area (TPSA) is 101 Å². The predicted molar refractivity (Wildman–Crippen MR) is 104 cm³/mol. The summed E-state index contributed by atoms with van der Waals surface area (Å²) < 4.78 is 25.9. The number of rotatable bonds is 3. The summed E-state index contributed by atoms with van der Waals surface area (Å²) in [6.45, 7) is 0.289. The van der Waals surface area contributed by atoms with Crippen molar-refractivity contribution >= 4 is 45.1 Å². The minimum atomic E-state index is -3.49. The summed E-state index contributed by atoms with van der Waals surface area (Å²) in [4.78, 5) is 42.4. The highest BCUT2D eigenvalue weighted by Gasteiger charge is 2.39. The number of amides is 2. The number of halogens is 1. The number of anilines is 1. The van der Waals surface area contributed by atoms with Crippen molar-refractivity contribution in [2.45, 2.75) is 12.8 Å². The molecule has 10 heteroatoms. The zero-order valence-electron chi connectivity index (χ0n) is 15.0. The van der Waals surface area contributed by atoms with Gasteiger partial charge in [-0.15, -0.1) is 0 Å². The van der Waals surface area contributed by atoms with Gasteiger partial charge in [-0.05, 0) is 43.2 Å². The Morgan fingerprint density at radius 1 is 1.00 bits per heavy atom. The number of sulfonamides is 1. The summed E-state index contributed by atoms with van der Waals surface area (Å²) in [5, 5.41) is 0.387. The van der Waals surface area contributed by atoms with Crippen molar-refractivity contribution in [3.05, 3.63) is 64.2 Å². The van der Waals surface area contributed by atoms with Gasteiger partial charge in [0.2, 0.25) is 10.0 Å². The second kappa shape index (κ2) is 7.16. The van der Waals surface area contributed by atoms with E-state index in [4.69, 9.17) is 16.4 Å². The highest BCUT2D eigenvalue weighted by Crippen LogP contribution is 2.29. The van der Waals surface area contributed by atoms with Crippen LogP contribution in [-0.4, -0.2) is 43.6 Å². The van der Waals surface area contributed by atoms with Crippen LogP contribution in [0.3, 0.4) is 0 Å². The van der Waals surface area contributed by atoms with E-state index in [0.717, 1.165) is 0 Å². The quantitative estimate of drug-likeness (QED) is 0.688. The first kappa shape index (κ1) is 19.4. The Hall–Kier alpha value is -2.91. The van der Waals surface area contributed by atoms with Crippen molar-refractivity contribution in [1.82, 2.24) is 5.06 Å². The molecule has 150 valence electrons. The van der Waals surface area contributed by atoms with Crippen LogP contribution in [-0.2, 0) is 14.9 Å². The van der Waals surface area contributed by atoms with Gasteiger partial charge >= 0.3 is 5.97 Å². The number of fused-ring (bicyclic) bond motifs is 1. The summed E-state index contributed by atoms with van der Waals surface area (Å²) >= 11 is 6.09. The van der Waals surface area contributed by atoms with E-state index in [-0.39, 0.29) is 39.7 Å². The van der Waals surface area contributed by atoms with E-state index in [1.807, 2.05) is 0 Å². The van der Waals surface area contributed by atoms with E-state index >= 15 is 0 Å². The fourth-order valence-corrected chi connectivity index (χ4v) is 5.11.